The number of carbonyl (C=O) groups is 4. The second-order valence-electron chi connectivity index (χ2n) is 25.9. The fourth-order valence-corrected chi connectivity index (χ4v) is 11.9. The van der Waals surface area contributed by atoms with Gasteiger partial charge >= 0.3 is 39.5 Å². The molecule has 0 saturated heterocycles. The van der Waals surface area contributed by atoms with Crippen molar-refractivity contribution >= 4 is 39.5 Å². The van der Waals surface area contributed by atoms with Gasteiger partial charge in [-0.15, -0.1) is 0 Å². The molecule has 0 amide bonds. The van der Waals surface area contributed by atoms with Crippen molar-refractivity contribution in [3.63, 3.8) is 0 Å². The zero-order chi connectivity index (χ0) is 73.2. The van der Waals surface area contributed by atoms with Gasteiger partial charge in [-0.2, -0.15) is 0 Å². The van der Waals surface area contributed by atoms with E-state index in [0.717, 1.165) is 141 Å². The molecule has 0 spiro atoms. The van der Waals surface area contributed by atoms with Crippen molar-refractivity contribution in [3.8, 4) is 0 Å². The molecule has 0 heterocycles. The number of hydrogen-bond acceptors (Lipinski definition) is 15. The molecule has 576 valence electrons. The van der Waals surface area contributed by atoms with Gasteiger partial charge in [0.05, 0.1) is 26.4 Å². The van der Waals surface area contributed by atoms with E-state index in [0.29, 0.717) is 32.1 Å². The van der Waals surface area contributed by atoms with Crippen LogP contribution in [0.4, 0.5) is 0 Å². The molecule has 0 radical (unpaired) electrons. The number of aliphatic hydroxyl groups excluding tert-OH is 1. The molecule has 0 aliphatic rings. The Balaban J connectivity index is 5.39. The fraction of sp³-hybridized carbons (Fsp3) is 0.728. The molecule has 0 bridgehead atoms. The van der Waals surface area contributed by atoms with Gasteiger partial charge in [-0.05, 0) is 122 Å². The normalized spacial score (nSPS) is 14.5. The van der Waals surface area contributed by atoms with E-state index in [9.17, 15) is 43.2 Å². The van der Waals surface area contributed by atoms with Gasteiger partial charge < -0.3 is 33.8 Å². The monoisotopic (exact) mass is 1450 g/mol. The van der Waals surface area contributed by atoms with E-state index >= 15 is 0 Å². The molecule has 0 saturated carbocycles. The van der Waals surface area contributed by atoms with Gasteiger partial charge in [-0.1, -0.05) is 285 Å². The Morgan fingerprint density at radius 2 is 0.540 bits per heavy atom. The van der Waals surface area contributed by atoms with Crippen LogP contribution in [0.1, 0.15) is 323 Å². The molecule has 3 N–H and O–H groups in total. The van der Waals surface area contributed by atoms with E-state index in [-0.39, 0.29) is 25.7 Å². The standard InChI is InChI=1S/C81H140O17P2/c1-5-9-13-17-21-25-29-32-35-36-37-38-41-43-47-50-54-58-62-66-79(84)91-71-76(97-80(85)67-63-59-55-51-45-28-24-20-16-12-8-4)73-95-99(87,88)93-69-75(82)70-94-100(89,90)96-74-77(98-81(86)68-64-60-56-52-48-44-40-34-31-27-23-19-15-11-7-3)72-92-78(83)65-61-57-53-49-46-42-39-33-30-26-22-18-14-10-6-2/h9,13,21-22,25-26,32-35,37-40,43,47,54,58,75-77,82H,5-8,10-12,14-20,23-24,27-31,36,41-42,44-46,48-53,55-57,59-74H2,1-4H3,(H,87,88)(H,89,90)/b13-9-,25-21-,26-22-,35-32-,38-37-,39-33-,40-34-,47-43-,58-54-. The second kappa shape index (κ2) is 73.0. The minimum Gasteiger partial charge on any atom is -0.462 e. The smallest absolute Gasteiger partial charge is 0.462 e. The van der Waals surface area contributed by atoms with Crippen molar-refractivity contribution in [3.05, 3.63) is 109 Å². The van der Waals surface area contributed by atoms with Crippen molar-refractivity contribution in [2.24, 2.45) is 0 Å². The maximum Gasteiger partial charge on any atom is 0.472 e. The second-order valence-corrected chi connectivity index (χ2v) is 28.8. The summed E-state index contributed by atoms with van der Waals surface area (Å²) >= 11 is 0. The molecule has 0 fully saturated rings. The highest BCUT2D eigenvalue weighted by Crippen LogP contribution is 2.45. The van der Waals surface area contributed by atoms with Crippen LogP contribution in [0.25, 0.3) is 0 Å². The topological polar surface area (TPSA) is 237 Å². The molecular weight excluding hydrogens is 1310 g/mol. The Labute approximate surface area is 607 Å². The first-order chi connectivity index (χ1) is 48.7. The Hall–Kier alpha value is -4.28. The summed E-state index contributed by atoms with van der Waals surface area (Å²) in [5.74, 6) is -2.29. The average Bonchev–Trinajstić information content (AvgIpc) is 0.953. The minimum absolute atomic E-state index is 0.0366. The molecule has 17 nitrogen and oxygen atoms in total. The van der Waals surface area contributed by atoms with Crippen molar-refractivity contribution < 1.29 is 80.2 Å². The zero-order valence-electron chi connectivity index (χ0n) is 62.8. The SMILES string of the molecule is CC/C=C\C/C=C\C/C=C\C/C=C\C/C=C\C/C=C\CCC(=O)OCC(COP(=O)(O)OCC(O)COP(=O)(O)OCC(COC(=O)CCCCCCC/C=C\C/C=C\CCCCC)OC(=O)CCCCCCC/C=C\CCCCCCCC)OC(=O)CCCCCCCCCCCCC. The summed E-state index contributed by atoms with van der Waals surface area (Å²) in [6, 6.07) is 0. The van der Waals surface area contributed by atoms with E-state index in [1.165, 1.54) is 96.3 Å². The number of hydrogen-bond donors (Lipinski definition) is 3. The van der Waals surface area contributed by atoms with E-state index in [1.54, 1.807) is 0 Å². The fourth-order valence-electron chi connectivity index (χ4n) is 10.3. The van der Waals surface area contributed by atoms with E-state index in [1.807, 2.05) is 18.2 Å². The lowest BCUT2D eigenvalue weighted by Gasteiger charge is -2.21. The number of phosphoric acid groups is 2. The Morgan fingerprint density at radius 3 is 0.890 bits per heavy atom. The zero-order valence-corrected chi connectivity index (χ0v) is 64.6. The molecule has 0 aliphatic heterocycles. The van der Waals surface area contributed by atoms with Crippen LogP contribution in [0.2, 0.25) is 0 Å². The lowest BCUT2D eigenvalue weighted by molar-refractivity contribution is -0.161. The molecule has 19 heteroatoms. The van der Waals surface area contributed by atoms with Crippen LogP contribution < -0.4 is 0 Å². The number of phosphoric ester groups is 2. The molecular formula is C81H140O17P2. The highest BCUT2D eigenvalue weighted by Gasteiger charge is 2.30. The summed E-state index contributed by atoms with van der Waals surface area (Å²) in [5, 5.41) is 10.6. The van der Waals surface area contributed by atoms with Gasteiger partial charge in [-0.25, -0.2) is 9.13 Å². The molecule has 0 aromatic carbocycles. The Bertz CT molecular complexity index is 2320. The van der Waals surface area contributed by atoms with Crippen molar-refractivity contribution in [2.75, 3.05) is 39.6 Å². The lowest BCUT2D eigenvalue weighted by atomic mass is 10.1. The highest BCUT2D eigenvalue weighted by atomic mass is 31.2. The van der Waals surface area contributed by atoms with Crippen molar-refractivity contribution in [1.82, 2.24) is 0 Å². The van der Waals surface area contributed by atoms with E-state index in [4.69, 9.17) is 37.0 Å². The third-order valence-electron chi connectivity index (χ3n) is 16.2. The summed E-state index contributed by atoms with van der Waals surface area (Å²) in [6.07, 6.45) is 78.0. The molecule has 5 unspecified atom stereocenters. The van der Waals surface area contributed by atoms with Crippen LogP contribution in [-0.2, 0) is 65.4 Å². The Kier molecular flexibility index (Phi) is 69.9. The van der Waals surface area contributed by atoms with Gasteiger partial charge in [0.2, 0.25) is 0 Å². The molecule has 0 aromatic rings. The molecule has 0 aromatic heterocycles. The van der Waals surface area contributed by atoms with Gasteiger partial charge in [0.15, 0.2) is 12.2 Å². The van der Waals surface area contributed by atoms with Crippen LogP contribution in [0, 0.1) is 0 Å². The largest absolute Gasteiger partial charge is 0.472 e. The summed E-state index contributed by atoms with van der Waals surface area (Å²) in [4.78, 5) is 72.8. The number of ether oxygens (including phenoxy) is 4. The third-order valence-corrected chi connectivity index (χ3v) is 18.1. The van der Waals surface area contributed by atoms with E-state index < -0.39 is 97.5 Å². The predicted molar refractivity (Wildman–Crippen MR) is 408 cm³/mol. The number of rotatable bonds is 73. The van der Waals surface area contributed by atoms with Crippen molar-refractivity contribution in [1.29, 1.82) is 0 Å². The highest BCUT2D eigenvalue weighted by molar-refractivity contribution is 7.47. The number of esters is 4. The third kappa shape index (κ3) is 72.1. The molecule has 100 heavy (non-hydrogen) atoms. The first-order valence-electron chi connectivity index (χ1n) is 39.1. The summed E-state index contributed by atoms with van der Waals surface area (Å²) < 4.78 is 68.4. The summed E-state index contributed by atoms with van der Waals surface area (Å²) in [7, 11) is -9.97. The van der Waals surface area contributed by atoms with Crippen LogP contribution >= 0.6 is 15.6 Å². The average molecular weight is 1450 g/mol. The molecule has 0 aliphatic carbocycles. The van der Waals surface area contributed by atoms with Gasteiger partial charge in [0.25, 0.3) is 0 Å². The maximum absolute atomic E-state index is 13.1. The van der Waals surface area contributed by atoms with E-state index in [2.05, 4.69) is 119 Å². The maximum atomic E-state index is 13.1. The number of unbranched alkanes of at least 4 members (excludes halogenated alkanes) is 29. The molecule has 0 rings (SSSR count). The van der Waals surface area contributed by atoms with Crippen LogP contribution in [0.3, 0.4) is 0 Å². The minimum atomic E-state index is -4.99. The lowest BCUT2D eigenvalue weighted by Crippen LogP contribution is -2.30. The van der Waals surface area contributed by atoms with Gasteiger partial charge in [-0.3, -0.25) is 37.3 Å². The number of aliphatic hydroxyl groups is 1. The van der Waals surface area contributed by atoms with Gasteiger partial charge in [0, 0.05) is 25.7 Å². The van der Waals surface area contributed by atoms with Crippen LogP contribution in [0.5, 0.6) is 0 Å². The number of allylic oxidation sites excluding steroid dienone is 18. The first kappa shape index (κ1) is 95.7. The molecule has 5 atom stereocenters. The summed E-state index contributed by atoms with van der Waals surface area (Å²) in [5.41, 5.74) is 0. The Morgan fingerprint density at radius 1 is 0.290 bits per heavy atom. The summed E-state index contributed by atoms with van der Waals surface area (Å²) in [6.45, 7) is 4.63. The van der Waals surface area contributed by atoms with Crippen LogP contribution in [0.15, 0.2) is 109 Å². The van der Waals surface area contributed by atoms with Gasteiger partial charge in [0.1, 0.15) is 19.3 Å². The van der Waals surface area contributed by atoms with Crippen LogP contribution in [-0.4, -0.2) is 96.7 Å². The number of carbonyl (C=O) groups excluding carboxylic acids is 4. The van der Waals surface area contributed by atoms with Crippen molar-refractivity contribution in [2.45, 2.75) is 341 Å². The predicted octanol–water partition coefficient (Wildman–Crippen LogP) is 22.6. The quantitative estimate of drug-likeness (QED) is 0.0169. The first-order valence-corrected chi connectivity index (χ1v) is 42.1.